The molecule has 0 saturated heterocycles. The Labute approximate surface area is 114 Å². The zero-order valence-electron chi connectivity index (χ0n) is 9.21. The first-order valence-electron chi connectivity index (χ1n) is 5.13. The number of H-pyrrole nitrogens is 1. The molecule has 0 aliphatic carbocycles. The van der Waals surface area contributed by atoms with Gasteiger partial charge in [-0.15, -0.1) is 0 Å². The van der Waals surface area contributed by atoms with E-state index in [4.69, 9.17) is 23.8 Å². The fraction of sp³-hybridized carbons (Fsp3) is 0.0909. The zero-order chi connectivity index (χ0) is 13.0. The molecule has 0 amide bonds. The van der Waals surface area contributed by atoms with Crippen LogP contribution in [0.4, 0.5) is 10.1 Å². The van der Waals surface area contributed by atoms with Crippen LogP contribution in [0.15, 0.2) is 30.5 Å². The summed E-state index contributed by atoms with van der Waals surface area (Å²) in [5.74, 6) is -0.460. The topological polar surface area (TPSA) is 52.7 Å². The number of hydrogen-bond donors (Lipinski definition) is 3. The van der Waals surface area contributed by atoms with E-state index in [0.29, 0.717) is 17.3 Å². The van der Waals surface area contributed by atoms with Crippen LogP contribution in [-0.2, 0) is 6.54 Å². The number of aromatic amines is 1. The molecular formula is C11H10ClFN4S. The van der Waals surface area contributed by atoms with Gasteiger partial charge in [0.2, 0.25) is 0 Å². The van der Waals surface area contributed by atoms with Crippen LogP contribution in [0.1, 0.15) is 5.69 Å². The minimum atomic E-state index is -0.460. The Balaban J connectivity index is 1.88. The Bertz CT molecular complexity index is 544. The minimum Gasteiger partial charge on any atom is -0.357 e. The lowest BCUT2D eigenvalue weighted by Gasteiger charge is -2.10. The van der Waals surface area contributed by atoms with Gasteiger partial charge in [0.1, 0.15) is 5.82 Å². The fourth-order valence-electron chi connectivity index (χ4n) is 1.31. The highest BCUT2D eigenvalue weighted by Crippen LogP contribution is 2.19. The number of thiocarbonyl (C=S) groups is 1. The first kappa shape index (κ1) is 12.8. The molecule has 94 valence electrons. The summed E-state index contributed by atoms with van der Waals surface area (Å²) in [5, 5.41) is 13.0. The molecule has 0 radical (unpaired) electrons. The van der Waals surface area contributed by atoms with E-state index in [2.05, 4.69) is 20.8 Å². The van der Waals surface area contributed by atoms with E-state index in [0.717, 1.165) is 5.69 Å². The second kappa shape index (κ2) is 5.79. The number of rotatable bonds is 3. The van der Waals surface area contributed by atoms with Crippen molar-refractivity contribution in [1.82, 2.24) is 15.5 Å². The van der Waals surface area contributed by atoms with Gasteiger partial charge in [0.25, 0.3) is 0 Å². The Morgan fingerprint density at radius 2 is 2.28 bits per heavy atom. The number of benzene rings is 1. The van der Waals surface area contributed by atoms with E-state index >= 15 is 0 Å². The van der Waals surface area contributed by atoms with Gasteiger partial charge in [0.15, 0.2) is 5.11 Å². The summed E-state index contributed by atoms with van der Waals surface area (Å²) in [7, 11) is 0. The van der Waals surface area contributed by atoms with E-state index in [9.17, 15) is 4.39 Å². The highest BCUT2D eigenvalue weighted by molar-refractivity contribution is 7.80. The average molecular weight is 285 g/mol. The van der Waals surface area contributed by atoms with Gasteiger partial charge in [-0.3, -0.25) is 5.10 Å². The standard InChI is InChI=1S/C11H10ClFN4S/c12-9-5-7(1-2-10(9)13)16-11(18)14-6-8-3-4-15-17-8/h1-5H,6H2,(H,15,17)(H2,14,16,18). The number of nitrogens with one attached hydrogen (secondary N) is 3. The van der Waals surface area contributed by atoms with Crippen molar-refractivity contribution in [1.29, 1.82) is 0 Å². The number of hydrogen-bond acceptors (Lipinski definition) is 2. The third-order valence-corrected chi connectivity index (χ3v) is 2.71. The van der Waals surface area contributed by atoms with Gasteiger partial charge in [-0.25, -0.2) is 4.39 Å². The molecule has 1 aromatic heterocycles. The molecular weight excluding hydrogens is 275 g/mol. The molecule has 2 aromatic rings. The molecule has 1 heterocycles. The van der Waals surface area contributed by atoms with Gasteiger partial charge < -0.3 is 10.6 Å². The highest BCUT2D eigenvalue weighted by Gasteiger charge is 2.02. The monoisotopic (exact) mass is 284 g/mol. The highest BCUT2D eigenvalue weighted by atomic mass is 35.5. The van der Waals surface area contributed by atoms with Crippen molar-refractivity contribution >= 4 is 34.6 Å². The van der Waals surface area contributed by atoms with Crippen molar-refractivity contribution in [3.63, 3.8) is 0 Å². The summed E-state index contributed by atoms with van der Waals surface area (Å²) in [6, 6.07) is 6.15. The van der Waals surface area contributed by atoms with Crippen molar-refractivity contribution in [3.05, 3.63) is 47.0 Å². The Hall–Kier alpha value is -1.66. The van der Waals surface area contributed by atoms with Crippen molar-refractivity contribution < 1.29 is 4.39 Å². The Morgan fingerprint density at radius 3 is 2.94 bits per heavy atom. The number of anilines is 1. The third-order valence-electron chi connectivity index (χ3n) is 2.18. The van der Waals surface area contributed by atoms with E-state index in [1.807, 2.05) is 6.07 Å². The molecule has 0 spiro atoms. The lowest BCUT2D eigenvalue weighted by molar-refractivity contribution is 0.628. The molecule has 0 saturated carbocycles. The van der Waals surface area contributed by atoms with E-state index in [1.165, 1.54) is 12.1 Å². The zero-order valence-corrected chi connectivity index (χ0v) is 10.8. The molecule has 0 bridgehead atoms. The Morgan fingerprint density at radius 1 is 1.44 bits per heavy atom. The van der Waals surface area contributed by atoms with E-state index in [-0.39, 0.29) is 5.02 Å². The smallest absolute Gasteiger partial charge is 0.171 e. The predicted molar refractivity (Wildman–Crippen MR) is 73.1 cm³/mol. The quantitative estimate of drug-likeness (QED) is 0.759. The van der Waals surface area contributed by atoms with Crippen molar-refractivity contribution in [2.24, 2.45) is 0 Å². The number of halogens is 2. The molecule has 7 heteroatoms. The third kappa shape index (κ3) is 3.41. The second-order valence-corrected chi connectivity index (χ2v) is 4.33. The van der Waals surface area contributed by atoms with Gasteiger partial charge in [0, 0.05) is 11.9 Å². The summed E-state index contributed by atoms with van der Waals surface area (Å²) in [4.78, 5) is 0. The largest absolute Gasteiger partial charge is 0.357 e. The fourth-order valence-corrected chi connectivity index (χ4v) is 1.68. The molecule has 3 N–H and O–H groups in total. The molecule has 0 aliphatic rings. The van der Waals surface area contributed by atoms with Crippen LogP contribution in [0, 0.1) is 5.82 Å². The number of nitrogens with zero attached hydrogens (tertiary/aromatic N) is 1. The summed E-state index contributed by atoms with van der Waals surface area (Å²) < 4.78 is 13.0. The first-order chi connectivity index (χ1) is 8.65. The van der Waals surface area contributed by atoms with Crippen LogP contribution in [0.3, 0.4) is 0 Å². The normalized spacial score (nSPS) is 10.1. The summed E-state index contributed by atoms with van der Waals surface area (Å²) in [6.45, 7) is 0.529. The summed E-state index contributed by atoms with van der Waals surface area (Å²) in [5.41, 5.74) is 1.54. The van der Waals surface area contributed by atoms with E-state index < -0.39 is 5.82 Å². The molecule has 18 heavy (non-hydrogen) atoms. The van der Waals surface area contributed by atoms with Crippen LogP contribution in [0.2, 0.25) is 5.02 Å². The SMILES string of the molecule is Fc1ccc(NC(=S)NCc2ccn[nH]2)cc1Cl. The first-order valence-corrected chi connectivity index (χ1v) is 5.92. The number of aromatic nitrogens is 2. The van der Waals surface area contributed by atoms with Crippen LogP contribution >= 0.6 is 23.8 Å². The van der Waals surface area contributed by atoms with E-state index in [1.54, 1.807) is 12.3 Å². The van der Waals surface area contributed by atoms with Gasteiger partial charge in [-0.05, 0) is 36.5 Å². The van der Waals surface area contributed by atoms with Crippen molar-refractivity contribution in [2.45, 2.75) is 6.54 Å². The predicted octanol–water partition coefficient (Wildman–Crippen LogP) is 2.69. The second-order valence-electron chi connectivity index (χ2n) is 3.52. The average Bonchev–Trinajstić information content (AvgIpc) is 2.84. The van der Waals surface area contributed by atoms with Gasteiger partial charge in [-0.1, -0.05) is 11.6 Å². The lowest BCUT2D eigenvalue weighted by Crippen LogP contribution is -2.28. The maximum atomic E-state index is 13.0. The van der Waals surface area contributed by atoms with Crippen LogP contribution < -0.4 is 10.6 Å². The maximum Gasteiger partial charge on any atom is 0.171 e. The van der Waals surface area contributed by atoms with Gasteiger partial charge in [-0.2, -0.15) is 5.10 Å². The molecule has 4 nitrogen and oxygen atoms in total. The molecule has 1 aromatic carbocycles. The summed E-state index contributed by atoms with van der Waals surface area (Å²) >= 11 is 10.8. The van der Waals surface area contributed by atoms with Crippen molar-refractivity contribution in [3.8, 4) is 0 Å². The van der Waals surface area contributed by atoms with Crippen LogP contribution in [0.25, 0.3) is 0 Å². The molecule has 0 unspecified atom stereocenters. The lowest BCUT2D eigenvalue weighted by atomic mass is 10.3. The molecule has 2 rings (SSSR count). The maximum absolute atomic E-state index is 13.0. The van der Waals surface area contributed by atoms with Gasteiger partial charge in [0.05, 0.1) is 17.3 Å². The molecule has 0 fully saturated rings. The van der Waals surface area contributed by atoms with Crippen LogP contribution in [0.5, 0.6) is 0 Å². The van der Waals surface area contributed by atoms with Gasteiger partial charge >= 0.3 is 0 Å². The molecule has 0 atom stereocenters. The van der Waals surface area contributed by atoms with Crippen LogP contribution in [-0.4, -0.2) is 15.3 Å². The van der Waals surface area contributed by atoms with Crippen molar-refractivity contribution in [2.75, 3.05) is 5.32 Å². The summed E-state index contributed by atoms with van der Waals surface area (Å²) in [6.07, 6.45) is 1.66. The minimum absolute atomic E-state index is 0.0522. The molecule has 0 aliphatic heterocycles. The Kier molecular flexibility index (Phi) is 4.11.